The maximum atomic E-state index is 11.8. The van der Waals surface area contributed by atoms with Crippen molar-refractivity contribution in [2.45, 2.75) is 19.9 Å². The lowest BCUT2D eigenvalue weighted by Gasteiger charge is -2.24. The standard InChI is InChI=1S/C9H20N2O5S/c1-8(2)11(7-9(12)16-4)17(13,14)10-5-6-15-3/h8,10H,5-7H2,1-4H3. The van der Waals surface area contributed by atoms with Crippen molar-refractivity contribution in [1.82, 2.24) is 9.03 Å². The molecule has 0 fully saturated rings. The molecule has 102 valence electrons. The Kier molecular flexibility index (Phi) is 7.28. The number of rotatable bonds is 8. The van der Waals surface area contributed by atoms with E-state index in [0.717, 1.165) is 4.31 Å². The van der Waals surface area contributed by atoms with E-state index in [1.807, 2.05) is 0 Å². The Labute approximate surface area is 102 Å². The summed E-state index contributed by atoms with van der Waals surface area (Å²) in [6.07, 6.45) is 0. The molecule has 0 amide bonds. The monoisotopic (exact) mass is 268 g/mol. The summed E-state index contributed by atoms with van der Waals surface area (Å²) in [4.78, 5) is 11.1. The third-order valence-electron chi connectivity index (χ3n) is 1.99. The van der Waals surface area contributed by atoms with Gasteiger partial charge in [-0.15, -0.1) is 0 Å². The fourth-order valence-corrected chi connectivity index (χ4v) is 2.43. The van der Waals surface area contributed by atoms with Crippen molar-refractivity contribution in [2.24, 2.45) is 0 Å². The van der Waals surface area contributed by atoms with Crippen molar-refractivity contribution in [1.29, 1.82) is 0 Å². The predicted octanol–water partition coefficient (Wildman–Crippen LogP) is -0.649. The van der Waals surface area contributed by atoms with Crippen molar-refractivity contribution >= 4 is 16.2 Å². The molecule has 0 aliphatic carbocycles. The van der Waals surface area contributed by atoms with E-state index in [-0.39, 0.29) is 25.7 Å². The summed E-state index contributed by atoms with van der Waals surface area (Å²) in [6, 6.07) is -0.339. The molecular weight excluding hydrogens is 248 g/mol. The number of hydrogen-bond acceptors (Lipinski definition) is 5. The van der Waals surface area contributed by atoms with Crippen LogP contribution in [0.1, 0.15) is 13.8 Å². The van der Waals surface area contributed by atoms with Gasteiger partial charge in [0, 0.05) is 19.7 Å². The molecule has 1 N–H and O–H groups in total. The van der Waals surface area contributed by atoms with E-state index in [1.54, 1.807) is 13.8 Å². The van der Waals surface area contributed by atoms with Gasteiger partial charge in [0.1, 0.15) is 6.54 Å². The van der Waals surface area contributed by atoms with E-state index in [2.05, 4.69) is 9.46 Å². The highest BCUT2D eigenvalue weighted by Gasteiger charge is 2.26. The van der Waals surface area contributed by atoms with Crippen LogP contribution >= 0.6 is 0 Å². The fourth-order valence-electron chi connectivity index (χ4n) is 1.09. The Bertz CT molecular complexity index is 328. The summed E-state index contributed by atoms with van der Waals surface area (Å²) < 4.78 is 36.3. The fraction of sp³-hybridized carbons (Fsp3) is 0.889. The minimum atomic E-state index is -3.70. The second-order valence-electron chi connectivity index (χ2n) is 3.61. The highest BCUT2D eigenvalue weighted by molar-refractivity contribution is 7.87. The summed E-state index contributed by atoms with van der Waals surface area (Å²) in [5.74, 6) is -0.601. The number of esters is 1. The summed E-state index contributed by atoms with van der Waals surface area (Å²) in [7, 11) is -1.01. The number of hydrogen-bond donors (Lipinski definition) is 1. The Hall–Kier alpha value is -0.700. The van der Waals surface area contributed by atoms with E-state index >= 15 is 0 Å². The second-order valence-corrected chi connectivity index (χ2v) is 5.32. The quantitative estimate of drug-likeness (QED) is 0.467. The van der Waals surface area contributed by atoms with Crippen LogP contribution in [-0.2, 0) is 24.5 Å². The molecule has 0 unspecified atom stereocenters. The van der Waals surface area contributed by atoms with Gasteiger partial charge in [0.2, 0.25) is 0 Å². The number of nitrogens with zero attached hydrogens (tertiary/aromatic N) is 1. The van der Waals surface area contributed by atoms with Gasteiger partial charge in [0.15, 0.2) is 0 Å². The van der Waals surface area contributed by atoms with Gasteiger partial charge in [-0.05, 0) is 13.8 Å². The average molecular weight is 268 g/mol. The van der Waals surface area contributed by atoms with E-state index in [4.69, 9.17) is 4.74 Å². The first-order chi connectivity index (χ1) is 7.85. The van der Waals surface area contributed by atoms with Crippen molar-refractivity contribution < 1.29 is 22.7 Å². The molecule has 0 aromatic heterocycles. The van der Waals surface area contributed by atoms with Gasteiger partial charge >= 0.3 is 5.97 Å². The molecule has 0 aliphatic heterocycles. The van der Waals surface area contributed by atoms with Crippen LogP contribution in [0.5, 0.6) is 0 Å². The molecule has 7 nitrogen and oxygen atoms in total. The highest BCUT2D eigenvalue weighted by Crippen LogP contribution is 2.04. The van der Waals surface area contributed by atoms with Crippen molar-refractivity contribution in [3.05, 3.63) is 0 Å². The molecule has 0 aromatic rings. The van der Waals surface area contributed by atoms with Crippen LogP contribution in [0.25, 0.3) is 0 Å². The molecule has 0 saturated heterocycles. The van der Waals surface area contributed by atoms with Crippen LogP contribution in [0.3, 0.4) is 0 Å². The zero-order valence-corrected chi connectivity index (χ0v) is 11.4. The molecule has 0 spiro atoms. The summed E-state index contributed by atoms with van der Waals surface area (Å²) >= 11 is 0. The van der Waals surface area contributed by atoms with Crippen LogP contribution in [-0.4, -0.2) is 58.7 Å². The third kappa shape index (κ3) is 5.97. The maximum absolute atomic E-state index is 11.8. The zero-order chi connectivity index (χ0) is 13.5. The lowest BCUT2D eigenvalue weighted by atomic mass is 10.4. The lowest BCUT2D eigenvalue weighted by molar-refractivity contribution is -0.141. The summed E-state index contributed by atoms with van der Waals surface area (Å²) in [5.41, 5.74) is 0. The molecule has 0 rings (SSSR count). The van der Waals surface area contributed by atoms with Gasteiger partial charge in [-0.2, -0.15) is 17.4 Å². The number of methoxy groups -OCH3 is 2. The molecule has 0 saturated carbocycles. The van der Waals surface area contributed by atoms with Crippen LogP contribution in [0.15, 0.2) is 0 Å². The van der Waals surface area contributed by atoms with Gasteiger partial charge < -0.3 is 9.47 Å². The molecule has 0 heterocycles. The lowest BCUT2D eigenvalue weighted by Crippen LogP contribution is -2.47. The Morgan fingerprint density at radius 3 is 2.35 bits per heavy atom. The number of carbonyl (C=O) groups excluding carboxylic acids is 1. The zero-order valence-electron chi connectivity index (χ0n) is 10.6. The van der Waals surface area contributed by atoms with Gasteiger partial charge in [0.25, 0.3) is 10.2 Å². The van der Waals surface area contributed by atoms with Crippen LogP contribution < -0.4 is 4.72 Å². The van der Waals surface area contributed by atoms with E-state index in [1.165, 1.54) is 14.2 Å². The first kappa shape index (κ1) is 16.3. The van der Waals surface area contributed by atoms with E-state index in [0.29, 0.717) is 0 Å². The maximum Gasteiger partial charge on any atom is 0.321 e. The average Bonchev–Trinajstić information content (AvgIpc) is 2.24. The molecule has 0 aliphatic rings. The van der Waals surface area contributed by atoms with Crippen LogP contribution in [0, 0.1) is 0 Å². The minimum Gasteiger partial charge on any atom is -0.468 e. The van der Waals surface area contributed by atoms with E-state index < -0.39 is 16.2 Å². The largest absolute Gasteiger partial charge is 0.468 e. The first-order valence-corrected chi connectivity index (χ1v) is 6.61. The molecule has 17 heavy (non-hydrogen) atoms. The van der Waals surface area contributed by atoms with Crippen LogP contribution in [0.2, 0.25) is 0 Å². The number of nitrogens with one attached hydrogen (secondary N) is 1. The van der Waals surface area contributed by atoms with Gasteiger partial charge in [-0.25, -0.2) is 0 Å². The Morgan fingerprint density at radius 2 is 1.94 bits per heavy atom. The topological polar surface area (TPSA) is 84.9 Å². The number of ether oxygens (including phenoxy) is 2. The first-order valence-electron chi connectivity index (χ1n) is 5.17. The second kappa shape index (κ2) is 7.59. The Balaban J connectivity index is 4.62. The SMILES string of the molecule is COCCNS(=O)(=O)N(CC(=O)OC)C(C)C. The molecule has 0 radical (unpaired) electrons. The smallest absolute Gasteiger partial charge is 0.321 e. The summed E-state index contributed by atoms with van der Waals surface area (Å²) in [5, 5.41) is 0. The van der Waals surface area contributed by atoms with Crippen molar-refractivity contribution in [3.63, 3.8) is 0 Å². The predicted molar refractivity (Wildman–Crippen MR) is 62.7 cm³/mol. The normalized spacial score (nSPS) is 12.1. The van der Waals surface area contributed by atoms with Gasteiger partial charge in [-0.3, -0.25) is 4.79 Å². The minimum absolute atomic E-state index is 0.156. The Morgan fingerprint density at radius 1 is 1.35 bits per heavy atom. The van der Waals surface area contributed by atoms with Gasteiger partial charge in [-0.1, -0.05) is 0 Å². The molecule has 0 bridgehead atoms. The summed E-state index contributed by atoms with van der Waals surface area (Å²) in [6.45, 7) is 3.47. The highest BCUT2D eigenvalue weighted by atomic mass is 32.2. The molecular formula is C9H20N2O5S. The molecule has 0 aromatic carbocycles. The van der Waals surface area contributed by atoms with Crippen LogP contribution in [0.4, 0.5) is 0 Å². The van der Waals surface area contributed by atoms with E-state index in [9.17, 15) is 13.2 Å². The molecule has 8 heteroatoms. The number of carbonyl (C=O) groups is 1. The van der Waals surface area contributed by atoms with Crippen molar-refractivity contribution in [2.75, 3.05) is 33.9 Å². The molecule has 0 atom stereocenters. The third-order valence-corrected chi connectivity index (χ3v) is 3.73. The van der Waals surface area contributed by atoms with Gasteiger partial charge in [0.05, 0.1) is 13.7 Å². The van der Waals surface area contributed by atoms with Crippen molar-refractivity contribution in [3.8, 4) is 0 Å².